The van der Waals surface area contributed by atoms with Crippen molar-refractivity contribution in [1.82, 2.24) is 0 Å². The van der Waals surface area contributed by atoms with Gasteiger partial charge in [0, 0.05) is 0 Å². The summed E-state index contributed by atoms with van der Waals surface area (Å²) in [5, 5.41) is 10.6. The number of allylic oxidation sites excluding steroid dienone is 2. The minimum Gasteiger partial charge on any atom is -0.454 e. The van der Waals surface area contributed by atoms with Crippen molar-refractivity contribution in [3.63, 3.8) is 0 Å². The van der Waals surface area contributed by atoms with Gasteiger partial charge in [0.2, 0.25) is 6.79 Å². The lowest BCUT2D eigenvalue weighted by molar-refractivity contribution is -0.0347. The summed E-state index contributed by atoms with van der Waals surface area (Å²) in [4.78, 5) is 0. The molecule has 0 radical (unpaired) electrons. The number of hydrogen-bond donors (Lipinski definition) is 1. The van der Waals surface area contributed by atoms with Gasteiger partial charge in [-0.3, -0.25) is 0 Å². The van der Waals surface area contributed by atoms with E-state index in [1.165, 1.54) is 30.4 Å². The summed E-state index contributed by atoms with van der Waals surface area (Å²) < 4.78 is 10.8. The van der Waals surface area contributed by atoms with Crippen molar-refractivity contribution in [3.8, 4) is 11.5 Å². The number of hydrogen-bond acceptors (Lipinski definition) is 3. The fourth-order valence-electron chi connectivity index (χ4n) is 4.17. The number of fused-ring (bicyclic) bond motifs is 1. The topological polar surface area (TPSA) is 38.7 Å². The number of ether oxygens (including phenoxy) is 2. The molecule has 1 fully saturated rings. The average molecular weight is 344 g/mol. The Kier molecular flexibility index (Phi) is 6.06. The van der Waals surface area contributed by atoms with Gasteiger partial charge in [-0.05, 0) is 75.5 Å². The van der Waals surface area contributed by atoms with Crippen molar-refractivity contribution >= 4 is 0 Å². The number of benzene rings is 1. The molecule has 0 saturated heterocycles. The third-order valence-corrected chi connectivity index (χ3v) is 5.94. The van der Waals surface area contributed by atoms with E-state index in [4.69, 9.17) is 9.47 Å². The van der Waals surface area contributed by atoms with Gasteiger partial charge in [0.1, 0.15) is 0 Å². The van der Waals surface area contributed by atoms with E-state index < -0.39 is 5.60 Å². The summed E-state index contributed by atoms with van der Waals surface area (Å²) in [6.07, 6.45) is 12.4. The standard InChI is InChI=1S/C22H32O3/c1-3-17(10-12-19-9-4-5-14-22(19,2)23)7-6-8-18-11-13-20-21(15-18)25-16-24-20/h7,11,13,15,19,23H,3-6,8-10,12,14,16H2,1-2H3/b17-7+. The van der Waals surface area contributed by atoms with E-state index >= 15 is 0 Å². The first kappa shape index (κ1) is 18.3. The van der Waals surface area contributed by atoms with Crippen LogP contribution in [0.2, 0.25) is 0 Å². The highest BCUT2D eigenvalue weighted by Crippen LogP contribution is 2.37. The van der Waals surface area contributed by atoms with E-state index in [1.54, 1.807) is 0 Å². The first-order chi connectivity index (χ1) is 12.1. The Bertz CT molecular complexity index is 603. The molecular formula is C22H32O3. The molecule has 138 valence electrons. The average Bonchev–Trinajstić information content (AvgIpc) is 3.06. The molecule has 1 heterocycles. The Morgan fingerprint density at radius 3 is 2.92 bits per heavy atom. The lowest BCUT2D eigenvalue weighted by Gasteiger charge is -2.37. The maximum absolute atomic E-state index is 10.6. The molecular weight excluding hydrogens is 312 g/mol. The number of aliphatic hydroxyl groups is 1. The van der Waals surface area contributed by atoms with Crippen LogP contribution >= 0.6 is 0 Å². The van der Waals surface area contributed by atoms with Gasteiger partial charge in [-0.1, -0.05) is 37.5 Å². The van der Waals surface area contributed by atoms with Gasteiger partial charge in [0.25, 0.3) is 0 Å². The quantitative estimate of drug-likeness (QED) is 0.673. The molecule has 2 atom stereocenters. The first-order valence-electron chi connectivity index (χ1n) is 9.87. The SMILES string of the molecule is CC/C(=C\CCc1ccc2c(c1)OCO2)CCC1CCCCC1(C)O. The minimum absolute atomic E-state index is 0.337. The first-order valence-corrected chi connectivity index (χ1v) is 9.87. The van der Waals surface area contributed by atoms with Crippen LogP contribution in [0.5, 0.6) is 11.5 Å². The van der Waals surface area contributed by atoms with Gasteiger partial charge in [0.05, 0.1) is 5.60 Å². The molecule has 0 amide bonds. The van der Waals surface area contributed by atoms with Crippen molar-refractivity contribution < 1.29 is 14.6 Å². The van der Waals surface area contributed by atoms with Crippen LogP contribution in [0.4, 0.5) is 0 Å². The van der Waals surface area contributed by atoms with Gasteiger partial charge in [-0.15, -0.1) is 0 Å². The summed E-state index contributed by atoms with van der Waals surface area (Å²) in [5.74, 6) is 2.19. The molecule has 1 aliphatic heterocycles. The van der Waals surface area contributed by atoms with Gasteiger partial charge < -0.3 is 14.6 Å². The molecule has 2 aliphatic rings. The molecule has 0 aromatic heterocycles. The lowest BCUT2D eigenvalue weighted by Crippen LogP contribution is -2.37. The molecule has 0 spiro atoms. The van der Waals surface area contributed by atoms with Crippen LogP contribution in [0.15, 0.2) is 29.8 Å². The maximum Gasteiger partial charge on any atom is 0.231 e. The van der Waals surface area contributed by atoms with Crippen molar-refractivity contribution in [2.24, 2.45) is 5.92 Å². The van der Waals surface area contributed by atoms with Crippen molar-refractivity contribution in [3.05, 3.63) is 35.4 Å². The van der Waals surface area contributed by atoms with E-state index in [0.717, 1.165) is 50.0 Å². The van der Waals surface area contributed by atoms with Gasteiger partial charge in [0.15, 0.2) is 11.5 Å². The summed E-state index contributed by atoms with van der Waals surface area (Å²) >= 11 is 0. The predicted octanol–water partition coefficient (Wildman–Crippen LogP) is 5.41. The molecule has 1 aromatic rings. The van der Waals surface area contributed by atoms with Crippen LogP contribution in [0.3, 0.4) is 0 Å². The highest BCUT2D eigenvalue weighted by atomic mass is 16.7. The van der Waals surface area contributed by atoms with Crippen molar-refractivity contribution in [2.75, 3.05) is 6.79 Å². The second-order valence-corrected chi connectivity index (χ2v) is 7.78. The molecule has 2 unspecified atom stereocenters. The smallest absolute Gasteiger partial charge is 0.231 e. The Morgan fingerprint density at radius 1 is 1.28 bits per heavy atom. The van der Waals surface area contributed by atoms with Crippen LogP contribution in [0, 0.1) is 5.92 Å². The Morgan fingerprint density at radius 2 is 2.12 bits per heavy atom. The molecule has 3 nitrogen and oxygen atoms in total. The molecule has 1 N–H and O–H groups in total. The summed E-state index contributed by atoms with van der Waals surface area (Å²) in [5.41, 5.74) is 2.37. The third kappa shape index (κ3) is 4.78. The summed E-state index contributed by atoms with van der Waals surface area (Å²) in [6.45, 7) is 4.61. The zero-order chi connectivity index (χ0) is 17.7. The fourth-order valence-corrected chi connectivity index (χ4v) is 4.17. The summed E-state index contributed by atoms with van der Waals surface area (Å²) in [6, 6.07) is 6.24. The van der Waals surface area contributed by atoms with Crippen LogP contribution in [-0.2, 0) is 6.42 Å². The van der Waals surface area contributed by atoms with E-state index in [-0.39, 0.29) is 0 Å². The number of rotatable bonds is 7. The zero-order valence-corrected chi connectivity index (χ0v) is 15.7. The van der Waals surface area contributed by atoms with Crippen LogP contribution in [-0.4, -0.2) is 17.5 Å². The van der Waals surface area contributed by atoms with E-state index in [0.29, 0.717) is 12.7 Å². The maximum atomic E-state index is 10.6. The minimum atomic E-state index is -0.455. The zero-order valence-electron chi connectivity index (χ0n) is 15.7. The monoisotopic (exact) mass is 344 g/mol. The predicted molar refractivity (Wildman–Crippen MR) is 101 cm³/mol. The van der Waals surface area contributed by atoms with Crippen molar-refractivity contribution in [1.29, 1.82) is 0 Å². The lowest BCUT2D eigenvalue weighted by atomic mass is 9.74. The van der Waals surface area contributed by atoms with Gasteiger partial charge >= 0.3 is 0 Å². The Labute approximate surface area is 152 Å². The van der Waals surface area contributed by atoms with Crippen molar-refractivity contribution in [2.45, 2.75) is 77.2 Å². The molecule has 1 saturated carbocycles. The summed E-state index contributed by atoms with van der Waals surface area (Å²) in [7, 11) is 0. The van der Waals surface area contributed by atoms with Crippen LogP contribution < -0.4 is 9.47 Å². The molecule has 1 aliphatic carbocycles. The van der Waals surface area contributed by atoms with E-state index in [1.807, 2.05) is 13.0 Å². The Balaban J connectivity index is 1.49. The van der Waals surface area contributed by atoms with Crippen LogP contribution in [0.25, 0.3) is 0 Å². The largest absolute Gasteiger partial charge is 0.454 e. The number of aryl methyl sites for hydroxylation is 1. The highest BCUT2D eigenvalue weighted by Gasteiger charge is 2.33. The van der Waals surface area contributed by atoms with Crippen LogP contribution in [0.1, 0.15) is 70.8 Å². The molecule has 3 heteroatoms. The van der Waals surface area contributed by atoms with Gasteiger partial charge in [-0.2, -0.15) is 0 Å². The third-order valence-electron chi connectivity index (χ3n) is 5.94. The molecule has 25 heavy (non-hydrogen) atoms. The molecule has 3 rings (SSSR count). The van der Waals surface area contributed by atoms with Gasteiger partial charge in [-0.25, -0.2) is 0 Å². The highest BCUT2D eigenvalue weighted by molar-refractivity contribution is 5.44. The van der Waals surface area contributed by atoms with E-state index in [2.05, 4.69) is 25.1 Å². The molecule has 1 aromatic carbocycles. The molecule has 0 bridgehead atoms. The second-order valence-electron chi connectivity index (χ2n) is 7.78. The Hall–Kier alpha value is -1.48. The second kappa shape index (κ2) is 8.27. The van der Waals surface area contributed by atoms with E-state index in [9.17, 15) is 5.11 Å². The fraction of sp³-hybridized carbons (Fsp3) is 0.636. The normalized spacial score (nSPS) is 26.0.